The molecule has 0 bridgehead atoms. The Bertz CT molecular complexity index is 344. The molecule has 1 N–H and O–H groups in total. The second-order valence-corrected chi connectivity index (χ2v) is 3.55. The third-order valence-corrected chi connectivity index (χ3v) is 2.14. The molecule has 0 saturated heterocycles. The van der Waals surface area contributed by atoms with Crippen LogP contribution in [0.25, 0.3) is 0 Å². The Morgan fingerprint density at radius 2 is 2.47 bits per heavy atom. The van der Waals surface area contributed by atoms with Crippen LogP contribution in [0.5, 0.6) is 0 Å². The zero-order chi connectivity index (χ0) is 11.3. The summed E-state index contributed by atoms with van der Waals surface area (Å²) < 4.78 is 5.00. The van der Waals surface area contributed by atoms with Crippen LogP contribution in [0.2, 0.25) is 5.02 Å². The van der Waals surface area contributed by atoms with Crippen molar-refractivity contribution >= 4 is 17.5 Å². The second-order valence-electron chi connectivity index (χ2n) is 3.12. The van der Waals surface area contributed by atoms with E-state index < -0.39 is 0 Å². The predicted molar refractivity (Wildman–Crippen MR) is 58.1 cm³/mol. The van der Waals surface area contributed by atoms with Gasteiger partial charge >= 0.3 is 0 Å². The summed E-state index contributed by atoms with van der Waals surface area (Å²) in [5.41, 5.74) is 0.311. The summed E-state index contributed by atoms with van der Waals surface area (Å²) in [5.74, 6) is -0.249. The molecule has 1 unspecified atom stereocenters. The van der Waals surface area contributed by atoms with Gasteiger partial charge in [0.15, 0.2) is 0 Å². The fourth-order valence-electron chi connectivity index (χ4n) is 0.939. The molecule has 0 aliphatic rings. The molecular weight excluding hydrogens is 216 g/mol. The maximum atomic E-state index is 11.5. The van der Waals surface area contributed by atoms with Gasteiger partial charge in [0.2, 0.25) is 0 Å². The van der Waals surface area contributed by atoms with Gasteiger partial charge in [0.25, 0.3) is 5.91 Å². The van der Waals surface area contributed by atoms with Crippen LogP contribution in [0.4, 0.5) is 0 Å². The first-order valence-electron chi connectivity index (χ1n) is 4.56. The summed E-state index contributed by atoms with van der Waals surface area (Å²) >= 11 is 5.73. The molecule has 0 aromatic carbocycles. The molecule has 0 saturated carbocycles. The Kier molecular flexibility index (Phi) is 4.52. The average molecular weight is 229 g/mol. The lowest BCUT2D eigenvalue weighted by atomic mass is 10.3. The van der Waals surface area contributed by atoms with Crippen LogP contribution in [-0.2, 0) is 4.74 Å². The normalized spacial score (nSPS) is 12.2. The minimum atomic E-state index is -0.249. The van der Waals surface area contributed by atoms with E-state index in [0.717, 1.165) is 0 Å². The summed E-state index contributed by atoms with van der Waals surface area (Å²) in [5, 5.41) is 3.19. The highest BCUT2D eigenvalue weighted by Crippen LogP contribution is 2.07. The highest BCUT2D eigenvalue weighted by molar-refractivity contribution is 6.30. The number of amides is 1. The van der Waals surface area contributed by atoms with Crippen molar-refractivity contribution in [1.29, 1.82) is 0 Å². The number of pyridine rings is 1. The minimum Gasteiger partial charge on any atom is -0.380 e. The molecule has 82 valence electrons. The van der Waals surface area contributed by atoms with E-state index >= 15 is 0 Å². The van der Waals surface area contributed by atoms with Gasteiger partial charge in [-0.15, -0.1) is 0 Å². The molecule has 5 heteroatoms. The maximum Gasteiger partial charge on any atom is 0.270 e. The third-order valence-electron chi connectivity index (χ3n) is 1.91. The van der Waals surface area contributed by atoms with Crippen molar-refractivity contribution in [3.8, 4) is 0 Å². The number of hydrogen-bond donors (Lipinski definition) is 1. The van der Waals surface area contributed by atoms with Gasteiger partial charge in [0.1, 0.15) is 5.69 Å². The SMILES string of the molecule is COC(C)CNC(=O)c1cc(Cl)ccn1. The lowest BCUT2D eigenvalue weighted by Gasteiger charge is -2.10. The Hall–Kier alpha value is -1.13. The molecular formula is C10H13ClN2O2. The number of ether oxygens (including phenoxy) is 1. The largest absolute Gasteiger partial charge is 0.380 e. The molecule has 0 aliphatic carbocycles. The maximum absolute atomic E-state index is 11.5. The number of nitrogens with zero attached hydrogens (tertiary/aromatic N) is 1. The van der Waals surface area contributed by atoms with E-state index in [4.69, 9.17) is 16.3 Å². The van der Waals surface area contributed by atoms with Gasteiger partial charge in [-0.3, -0.25) is 9.78 Å². The van der Waals surface area contributed by atoms with Crippen molar-refractivity contribution in [2.45, 2.75) is 13.0 Å². The highest BCUT2D eigenvalue weighted by atomic mass is 35.5. The van der Waals surface area contributed by atoms with Crippen molar-refractivity contribution in [3.63, 3.8) is 0 Å². The summed E-state index contributed by atoms with van der Waals surface area (Å²) in [6.07, 6.45) is 1.48. The second kappa shape index (κ2) is 5.68. The molecule has 0 fully saturated rings. The first-order valence-corrected chi connectivity index (χ1v) is 4.94. The summed E-state index contributed by atoms with van der Waals surface area (Å²) in [6, 6.07) is 3.14. The van der Waals surface area contributed by atoms with Crippen molar-refractivity contribution < 1.29 is 9.53 Å². The Balaban J connectivity index is 2.54. The van der Waals surface area contributed by atoms with Gasteiger partial charge in [-0.1, -0.05) is 11.6 Å². The number of nitrogens with one attached hydrogen (secondary N) is 1. The molecule has 1 aromatic rings. The molecule has 1 atom stereocenters. The number of carbonyl (C=O) groups excluding carboxylic acids is 1. The first-order chi connectivity index (χ1) is 7.13. The van der Waals surface area contributed by atoms with E-state index in [1.54, 1.807) is 13.2 Å². The summed E-state index contributed by atoms with van der Waals surface area (Å²) in [4.78, 5) is 15.4. The number of carbonyl (C=O) groups is 1. The molecule has 1 aromatic heterocycles. The molecule has 1 amide bonds. The van der Waals surface area contributed by atoms with Crippen molar-refractivity contribution in [2.24, 2.45) is 0 Å². The quantitative estimate of drug-likeness (QED) is 0.850. The lowest BCUT2D eigenvalue weighted by Crippen LogP contribution is -2.32. The smallest absolute Gasteiger partial charge is 0.270 e. The van der Waals surface area contributed by atoms with Crippen molar-refractivity contribution in [1.82, 2.24) is 10.3 Å². The van der Waals surface area contributed by atoms with E-state index in [9.17, 15) is 4.79 Å². The Morgan fingerprint density at radius 3 is 3.07 bits per heavy atom. The molecule has 0 radical (unpaired) electrons. The van der Waals surface area contributed by atoms with Crippen molar-refractivity contribution in [2.75, 3.05) is 13.7 Å². The third kappa shape index (κ3) is 3.85. The van der Waals surface area contributed by atoms with E-state index in [1.807, 2.05) is 6.92 Å². The van der Waals surface area contributed by atoms with E-state index in [1.165, 1.54) is 12.3 Å². The number of rotatable bonds is 4. The number of aromatic nitrogens is 1. The van der Waals surface area contributed by atoms with Gasteiger partial charge in [0.05, 0.1) is 6.10 Å². The standard InChI is InChI=1S/C10H13ClN2O2/c1-7(15-2)6-13-10(14)9-5-8(11)3-4-12-9/h3-5,7H,6H2,1-2H3,(H,13,14). The molecule has 15 heavy (non-hydrogen) atoms. The monoisotopic (exact) mass is 228 g/mol. The molecule has 1 heterocycles. The van der Waals surface area contributed by atoms with E-state index in [-0.39, 0.29) is 12.0 Å². The van der Waals surface area contributed by atoms with Crippen LogP contribution >= 0.6 is 11.6 Å². The van der Waals surface area contributed by atoms with Crippen LogP contribution in [0.15, 0.2) is 18.3 Å². The minimum absolute atomic E-state index is 0.0202. The molecule has 4 nitrogen and oxygen atoms in total. The van der Waals surface area contributed by atoms with Crippen LogP contribution in [-0.4, -0.2) is 30.6 Å². The fraction of sp³-hybridized carbons (Fsp3) is 0.400. The van der Waals surface area contributed by atoms with Crippen LogP contribution in [0, 0.1) is 0 Å². The van der Waals surface area contributed by atoms with Crippen molar-refractivity contribution in [3.05, 3.63) is 29.0 Å². The summed E-state index contributed by atoms with van der Waals surface area (Å²) in [6.45, 7) is 2.31. The molecule has 0 spiro atoms. The number of hydrogen-bond acceptors (Lipinski definition) is 3. The number of methoxy groups -OCH3 is 1. The van der Waals surface area contributed by atoms with Gasteiger partial charge in [-0.25, -0.2) is 0 Å². The Morgan fingerprint density at radius 1 is 1.73 bits per heavy atom. The van der Waals surface area contributed by atoms with Crippen LogP contribution < -0.4 is 5.32 Å². The van der Waals surface area contributed by atoms with Gasteiger partial charge < -0.3 is 10.1 Å². The topological polar surface area (TPSA) is 51.2 Å². The zero-order valence-corrected chi connectivity index (χ0v) is 9.41. The summed E-state index contributed by atoms with van der Waals surface area (Å²) in [7, 11) is 1.59. The van der Waals surface area contributed by atoms with Gasteiger partial charge in [-0.2, -0.15) is 0 Å². The van der Waals surface area contributed by atoms with E-state index in [2.05, 4.69) is 10.3 Å². The fourth-order valence-corrected chi connectivity index (χ4v) is 1.10. The zero-order valence-electron chi connectivity index (χ0n) is 8.66. The van der Waals surface area contributed by atoms with Gasteiger partial charge in [0, 0.05) is 24.9 Å². The Labute approximate surface area is 93.6 Å². The average Bonchev–Trinajstić information content (AvgIpc) is 2.25. The van der Waals surface area contributed by atoms with Crippen LogP contribution in [0.1, 0.15) is 17.4 Å². The van der Waals surface area contributed by atoms with Gasteiger partial charge in [-0.05, 0) is 19.1 Å². The number of halogens is 1. The first kappa shape index (κ1) is 11.9. The lowest BCUT2D eigenvalue weighted by molar-refractivity contribution is 0.0866. The molecule has 0 aliphatic heterocycles. The van der Waals surface area contributed by atoms with E-state index in [0.29, 0.717) is 17.3 Å². The van der Waals surface area contributed by atoms with Crippen LogP contribution in [0.3, 0.4) is 0 Å². The highest BCUT2D eigenvalue weighted by Gasteiger charge is 2.08. The molecule has 1 rings (SSSR count). The predicted octanol–water partition coefficient (Wildman–Crippen LogP) is 1.50.